The van der Waals surface area contributed by atoms with Crippen molar-refractivity contribution in [2.45, 2.75) is 6.92 Å². The van der Waals surface area contributed by atoms with Crippen LogP contribution in [0.4, 0.5) is 5.69 Å². The van der Waals surface area contributed by atoms with Gasteiger partial charge in [0.25, 0.3) is 5.91 Å². The summed E-state index contributed by atoms with van der Waals surface area (Å²) in [5, 5.41) is 6.61. The molecular formula is C19H18N2O4. The molecule has 0 bridgehead atoms. The van der Waals surface area contributed by atoms with E-state index in [0.29, 0.717) is 22.9 Å². The zero-order chi connectivity index (χ0) is 17.8. The summed E-state index contributed by atoms with van der Waals surface area (Å²) >= 11 is 0. The molecule has 1 N–H and O–H groups in total. The van der Waals surface area contributed by atoms with Crippen molar-refractivity contribution in [2.75, 3.05) is 19.5 Å². The Balaban J connectivity index is 1.81. The molecule has 2 aromatic carbocycles. The van der Waals surface area contributed by atoms with Crippen molar-refractivity contribution in [3.8, 4) is 22.8 Å². The number of carbonyl (C=O) groups excluding carboxylic acids is 1. The number of amides is 1. The van der Waals surface area contributed by atoms with Crippen molar-refractivity contribution < 1.29 is 18.8 Å². The quantitative estimate of drug-likeness (QED) is 0.763. The largest absolute Gasteiger partial charge is 0.497 e. The zero-order valence-electron chi connectivity index (χ0n) is 14.2. The van der Waals surface area contributed by atoms with E-state index in [1.165, 1.54) is 7.11 Å². The predicted octanol–water partition coefficient (Wildman–Crippen LogP) is 3.92. The molecule has 0 fully saturated rings. The Hall–Kier alpha value is -3.28. The van der Waals surface area contributed by atoms with Crippen molar-refractivity contribution in [3.05, 3.63) is 59.8 Å². The normalized spacial score (nSPS) is 10.4. The van der Waals surface area contributed by atoms with Crippen molar-refractivity contribution in [2.24, 2.45) is 0 Å². The second-order valence-corrected chi connectivity index (χ2v) is 5.46. The molecule has 128 valence electrons. The van der Waals surface area contributed by atoms with E-state index in [9.17, 15) is 4.79 Å². The van der Waals surface area contributed by atoms with Gasteiger partial charge in [0.2, 0.25) is 0 Å². The number of nitrogens with one attached hydrogen (secondary N) is 1. The SMILES string of the molecule is COc1ccc(OC)c(NC(=O)c2cc(-c3ccc(C)cc3)on2)c1. The molecule has 3 aromatic rings. The van der Waals surface area contributed by atoms with Crippen molar-refractivity contribution >= 4 is 11.6 Å². The third-order valence-electron chi connectivity index (χ3n) is 3.73. The van der Waals surface area contributed by atoms with Crippen LogP contribution in [-0.4, -0.2) is 25.3 Å². The van der Waals surface area contributed by atoms with Crippen LogP contribution in [0.1, 0.15) is 16.1 Å². The molecule has 6 heteroatoms. The van der Waals surface area contributed by atoms with Gasteiger partial charge in [-0.05, 0) is 19.1 Å². The van der Waals surface area contributed by atoms with Gasteiger partial charge in [-0.25, -0.2) is 0 Å². The van der Waals surface area contributed by atoms with Crippen molar-refractivity contribution in [3.63, 3.8) is 0 Å². The van der Waals surface area contributed by atoms with Gasteiger partial charge in [-0.1, -0.05) is 35.0 Å². The molecule has 1 heterocycles. The molecule has 0 saturated carbocycles. The van der Waals surface area contributed by atoms with Gasteiger partial charge in [0.1, 0.15) is 11.5 Å². The highest BCUT2D eigenvalue weighted by atomic mass is 16.5. The third-order valence-corrected chi connectivity index (χ3v) is 3.73. The minimum absolute atomic E-state index is 0.181. The Labute approximate surface area is 145 Å². The lowest BCUT2D eigenvalue weighted by Gasteiger charge is -2.10. The zero-order valence-corrected chi connectivity index (χ0v) is 14.2. The fourth-order valence-electron chi connectivity index (χ4n) is 2.33. The number of hydrogen-bond acceptors (Lipinski definition) is 5. The first kappa shape index (κ1) is 16.6. The standard InChI is InChI=1S/C19H18N2O4/c1-12-4-6-13(7-5-12)18-11-16(21-25-18)19(22)20-15-10-14(23-2)8-9-17(15)24-3/h4-11H,1-3H3,(H,20,22). The number of aromatic nitrogens is 1. The molecule has 25 heavy (non-hydrogen) atoms. The molecule has 1 amide bonds. The summed E-state index contributed by atoms with van der Waals surface area (Å²) in [6.07, 6.45) is 0. The second-order valence-electron chi connectivity index (χ2n) is 5.46. The van der Waals surface area contributed by atoms with Crippen molar-refractivity contribution in [1.29, 1.82) is 0 Å². The predicted molar refractivity (Wildman–Crippen MR) is 94.2 cm³/mol. The van der Waals surface area contributed by atoms with Gasteiger partial charge >= 0.3 is 0 Å². The number of nitrogens with zero attached hydrogens (tertiary/aromatic N) is 1. The second kappa shape index (κ2) is 7.09. The average Bonchev–Trinajstić information content (AvgIpc) is 3.12. The van der Waals surface area contributed by atoms with E-state index in [-0.39, 0.29) is 5.69 Å². The van der Waals surface area contributed by atoms with E-state index < -0.39 is 5.91 Å². The van der Waals surface area contributed by atoms with E-state index >= 15 is 0 Å². The molecule has 0 unspecified atom stereocenters. The van der Waals surface area contributed by atoms with Crippen LogP contribution in [0.15, 0.2) is 53.1 Å². The van der Waals surface area contributed by atoms with Gasteiger partial charge in [-0.3, -0.25) is 4.79 Å². The molecule has 0 aliphatic rings. The smallest absolute Gasteiger partial charge is 0.277 e. The minimum atomic E-state index is -0.395. The third kappa shape index (κ3) is 3.63. The molecule has 0 atom stereocenters. The number of anilines is 1. The number of rotatable bonds is 5. The fraction of sp³-hybridized carbons (Fsp3) is 0.158. The maximum absolute atomic E-state index is 12.5. The monoisotopic (exact) mass is 338 g/mol. The van der Waals surface area contributed by atoms with E-state index in [0.717, 1.165) is 11.1 Å². The van der Waals surface area contributed by atoms with Crippen LogP contribution < -0.4 is 14.8 Å². The number of methoxy groups -OCH3 is 2. The van der Waals surface area contributed by atoms with Gasteiger partial charge in [0, 0.05) is 17.7 Å². The summed E-state index contributed by atoms with van der Waals surface area (Å²) in [6.45, 7) is 2.00. The highest BCUT2D eigenvalue weighted by Gasteiger charge is 2.16. The Morgan fingerprint density at radius 3 is 2.48 bits per heavy atom. The van der Waals surface area contributed by atoms with Gasteiger partial charge < -0.3 is 19.3 Å². The number of hydrogen-bond donors (Lipinski definition) is 1. The van der Waals surface area contributed by atoms with Crippen LogP contribution in [-0.2, 0) is 0 Å². The molecule has 0 aliphatic carbocycles. The molecule has 0 saturated heterocycles. The molecule has 0 radical (unpaired) electrons. The maximum Gasteiger partial charge on any atom is 0.277 e. The van der Waals surface area contributed by atoms with Gasteiger partial charge in [-0.2, -0.15) is 0 Å². The summed E-state index contributed by atoms with van der Waals surface area (Å²) in [5.74, 6) is 1.27. The number of benzene rings is 2. The first-order valence-corrected chi connectivity index (χ1v) is 7.68. The van der Waals surface area contributed by atoms with E-state index in [4.69, 9.17) is 14.0 Å². The van der Waals surface area contributed by atoms with Crippen molar-refractivity contribution in [1.82, 2.24) is 5.16 Å². The van der Waals surface area contributed by atoms with E-state index in [1.54, 1.807) is 31.4 Å². The summed E-state index contributed by atoms with van der Waals surface area (Å²) in [5.41, 5.74) is 2.68. The lowest BCUT2D eigenvalue weighted by Crippen LogP contribution is -2.13. The maximum atomic E-state index is 12.5. The summed E-state index contributed by atoms with van der Waals surface area (Å²) in [7, 11) is 3.09. The first-order chi connectivity index (χ1) is 12.1. The van der Waals surface area contributed by atoms with Gasteiger partial charge in [0.05, 0.1) is 19.9 Å². The Bertz CT molecular complexity index is 885. The highest BCUT2D eigenvalue weighted by molar-refractivity contribution is 6.04. The van der Waals surface area contributed by atoms with Crippen LogP contribution in [0.25, 0.3) is 11.3 Å². The minimum Gasteiger partial charge on any atom is -0.497 e. The average molecular weight is 338 g/mol. The summed E-state index contributed by atoms with van der Waals surface area (Å²) in [6, 6.07) is 14.5. The highest BCUT2D eigenvalue weighted by Crippen LogP contribution is 2.29. The number of ether oxygens (including phenoxy) is 2. The lowest BCUT2D eigenvalue weighted by molar-refractivity contribution is 0.101. The topological polar surface area (TPSA) is 73.6 Å². The summed E-state index contributed by atoms with van der Waals surface area (Å²) < 4.78 is 15.7. The molecular weight excluding hydrogens is 320 g/mol. The fourth-order valence-corrected chi connectivity index (χ4v) is 2.33. The Morgan fingerprint density at radius 1 is 1.04 bits per heavy atom. The van der Waals surface area contributed by atoms with Crippen LogP contribution in [0.3, 0.4) is 0 Å². The lowest BCUT2D eigenvalue weighted by atomic mass is 10.1. The molecule has 3 rings (SSSR count). The van der Waals surface area contributed by atoms with Crippen LogP contribution >= 0.6 is 0 Å². The van der Waals surface area contributed by atoms with Gasteiger partial charge in [0.15, 0.2) is 11.5 Å². The summed E-state index contributed by atoms with van der Waals surface area (Å²) in [4.78, 5) is 12.5. The molecule has 6 nitrogen and oxygen atoms in total. The Kier molecular flexibility index (Phi) is 4.70. The Morgan fingerprint density at radius 2 is 1.80 bits per heavy atom. The van der Waals surface area contributed by atoms with Gasteiger partial charge in [-0.15, -0.1) is 0 Å². The van der Waals surface area contributed by atoms with Crippen LogP contribution in [0, 0.1) is 6.92 Å². The number of aryl methyl sites for hydroxylation is 1. The molecule has 0 spiro atoms. The van der Waals surface area contributed by atoms with E-state index in [2.05, 4.69) is 10.5 Å². The first-order valence-electron chi connectivity index (χ1n) is 7.68. The molecule has 0 aliphatic heterocycles. The number of carbonyl (C=O) groups is 1. The molecule has 1 aromatic heterocycles. The van der Waals surface area contributed by atoms with Crippen LogP contribution in [0.5, 0.6) is 11.5 Å². The van der Waals surface area contributed by atoms with Crippen LogP contribution in [0.2, 0.25) is 0 Å². The van der Waals surface area contributed by atoms with E-state index in [1.807, 2.05) is 31.2 Å².